The van der Waals surface area contributed by atoms with E-state index >= 15 is 0 Å². The lowest BCUT2D eigenvalue weighted by Crippen LogP contribution is -2.41. The molecule has 5 heteroatoms. The first-order valence-corrected chi connectivity index (χ1v) is 10.4. The van der Waals surface area contributed by atoms with Gasteiger partial charge in [-0.3, -0.25) is 9.69 Å². The van der Waals surface area contributed by atoms with Gasteiger partial charge in [0.05, 0.1) is 6.04 Å². The third-order valence-electron chi connectivity index (χ3n) is 5.15. The summed E-state index contributed by atoms with van der Waals surface area (Å²) in [5, 5.41) is 3.79. The molecule has 4 nitrogen and oxygen atoms in total. The van der Waals surface area contributed by atoms with Crippen LogP contribution in [0, 0.1) is 13.8 Å². The van der Waals surface area contributed by atoms with Crippen LogP contribution in [0.3, 0.4) is 0 Å². The fourth-order valence-electron chi connectivity index (χ4n) is 3.84. The highest BCUT2D eigenvalue weighted by Gasteiger charge is 2.24. The minimum absolute atomic E-state index is 0.0120. The van der Waals surface area contributed by atoms with Crippen molar-refractivity contribution in [3.63, 3.8) is 0 Å². The molecule has 150 valence electrons. The summed E-state index contributed by atoms with van der Waals surface area (Å²) in [6, 6.07) is 14.0. The maximum atomic E-state index is 12.4. The Bertz CT molecular complexity index is 783. The first-order valence-electron chi connectivity index (χ1n) is 9.99. The number of halogens is 1. The van der Waals surface area contributed by atoms with E-state index in [9.17, 15) is 4.79 Å². The molecule has 1 heterocycles. The average Bonchev–Trinajstić information content (AvgIpc) is 2.68. The number of amides is 1. The Morgan fingerprint density at radius 1 is 1.11 bits per heavy atom. The zero-order valence-electron chi connectivity index (χ0n) is 16.7. The summed E-state index contributed by atoms with van der Waals surface area (Å²) in [7, 11) is 0. The number of hydrogen-bond acceptors (Lipinski definition) is 3. The molecule has 0 aliphatic carbocycles. The van der Waals surface area contributed by atoms with Crippen LogP contribution < -0.4 is 10.1 Å². The number of hydrogen-bond donors (Lipinski definition) is 1. The van der Waals surface area contributed by atoms with Crippen molar-refractivity contribution in [3.05, 3.63) is 64.2 Å². The van der Waals surface area contributed by atoms with Crippen LogP contribution in [0.2, 0.25) is 5.02 Å². The fourth-order valence-corrected chi connectivity index (χ4v) is 4.10. The third-order valence-corrected chi connectivity index (χ3v) is 5.50. The Morgan fingerprint density at radius 3 is 2.46 bits per heavy atom. The lowest BCUT2D eigenvalue weighted by atomic mass is 10.0. The Hall–Kier alpha value is -2.04. The number of piperidine rings is 1. The van der Waals surface area contributed by atoms with E-state index in [4.69, 9.17) is 16.3 Å². The standard InChI is InChI=1S/C23H29ClN2O2/c1-17-12-18(2)14-19(13-17)28-16-23(27)25-15-22(26-10-6-3-7-11-26)20-8-4-5-9-21(20)24/h4-5,8-9,12-14,22H,3,6-7,10-11,15-16H2,1-2H3,(H,25,27)/t22-/m0/s1. The van der Waals surface area contributed by atoms with Crippen LogP contribution in [-0.2, 0) is 4.79 Å². The number of carbonyl (C=O) groups excluding carboxylic acids is 1. The van der Waals surface area contributed by atoms with Gasteiger partial charge in [0.1, 0.15) is 5.75 Å². The number of nitrogens with zero attached hydrogens (tertiary/aromatic N) is 1. The maximum absolute atomic E-state index is 12.4. The smallest absolute Gasteiger partial charge is 0.258 e. The van der Waals surface area contributed by atoms with Gasteiger partial charge in [0.15, 0.2) is 6.61 Å². The second-order valence-corrected chi connectivity index (χ2v) is 7.96. The van der Waals surface area contributed by atoms with E-state index in [1.807, 2.05) is 44.2 Å². The normalized spacial score (nSPS) is 15.8. The van der Waals surface area contributed by atoms with Gasteiger partial charge in [-0.05, 0) is 74.7 Å². The van der Waals surface area contributed by atoms with Gasteiger partial charge in [0.2, 0.25) is 0 Å². The molecule has 1 saturated heterocycles. The van der Waals surface area contributed by atoms with Gasteiger partial charge >= 0.3 is 0 Å². The minimum atomic E-state index is -0.117. The van der Waals surface area contributed by atoms with Crippen LogP contribution in [-0.4, -0.2) is 37.0 Å². The molecule has 28 heavy (non-hydrogen) atoms. The Morgan fingerprint density at radius 2 is 1.79 bits per heavy atom. The van der Waals surface area contributed by atoms with Gasteiger partial charge in [0.25, 0.3) is 5.91 Å². The van der Waals surface area contributed by atoms with Crippen LogP contribution in [0.4, 0.5) is 0 Å². The van der Waals surface area contributed by atoms with Gasteiger partial charge in [-0.15, -0.1) is 0 Å². The van der Waals surface area contributed by atoms with Crippen LogP contribution in [0.15, 0.2) is 42.5 Å². The molecule has 1 fully saturated rings. The molecule has 1 amide bonds. The van der Waals surface area contributed by atoms with Crippen molar-refractivity contribution in [1.82, 2.24) is 10.2 Å². The molecule has 0 unspecified atom stereocenters. The summed E-state index contributed by atoms with van der Waals surface area (Å²) >= 11 is 6.46. The number of aryl methyl sites for hydroxylation is 2. The van der Waals surface area contributed by atoms with E-state index in [2.05, 4.69) is 22.3 Å². The zero-order valence-corrected chi connectivity index (χ0v) is 17.5. The van der Waals surface area contributed by atoms with Crippen molar-refractivity contribution < 1.29 is 9.53 Å². The summed E-state index contributed by atoms with van der Waals surface area (Å²) in [6.07, 6.45) is 3.64. The predicted octanol–water partition coefficient (Wildman–Crippen LogP) is 4.68. The van der Waals surface area contributed by atoms with Gasteiger partial charge in [-0.2, -0.15) is 0 Å². The summed E-state index contributed by atoms with van der Waals surface area (Å²) < 4.78 is 5.68. The van der Waals surface area contributed by atoms with E-state index in [-0.39, 0.29) is 18.6 Å². The summed E-state index contributed by atoms with van der Waals surface area (Å²) in [5.41, 5.74) is 3.32. The highest BCUT2D eigenvalue weighted by Crippen LogP contribution is 2.29. The number of rotatable bonds is 7. The molecule has 0 radical (unpaired) electrons. The van der Waals surface area contributed by atoms with E-state index in [1.165, 1.54) is 19.3 Å². The second kappa shape index (κ2) is 9.94. The monoisotopic (exact) mass is 400 g/mol. The Kier molecular flexibility index (Phi) is 7.35. The van der Waals surface area contributed by atoms with Crippen LogP contribution in [0.1, 0.15) is 42.0 Å². The molecule has 1 N–H and O–H groups in total. The first-order chi connectivity index (χ1) is 13.5. The quantitative estimate of drug-likeness (QED) is 0.733. The van der Waals surface area contributed by atoms with Crippen molar-refractivity contribution in [2.75, 3.05) is 26.2 Å². The highest BCUT2D eigenvalue weighted by molar-refractivity contribution is 6.31. The molecule has 2 aromatic rings. The average molecular weight is 401 g/mol. The van der Waals surface area contributed by atoms with Crippen LogP contribution in [0.5, 0.6) is 5.75 Å². The van der Waals surface area contributed by atoms with Gasteiger partial charge in [-0.25, -0.2) is 0 Å². The highest BCUT2D eigenvalue weighted by atomic mass is 35.5. The molecule has 1 aliphatic heterocycles. The molecular formula is C23H29ClN2O2. The van der Waals surface area contributed by atoms with Crippen molar-refractivity contribution in [1.29, 1.82) is 0 Å². The van der Waals surface area contributed by atoms with Gasteiger partial charge in [0, 0.05) is 11.6 Å². The van der Waals surface area contributed by atoms with Crippen molar-refractivity contribution in [3.8, 4) is 5.75 Å². The minimum Gasteiger partial charge on any atom is -0.484 e. The van der Waals surface area contributed by atoms with Crippen LogP contribution in [0.25, 0.3) is 0 Å². The molecule has 2 aromatic carbocycles. The summed E-state index contributed by atoms with van der Waals surface area (Å²) in [5.74, 6) is 0.611. The van der Waals surface area contributed by atoms with Crippen molar-refractivity contribution >= 4 is 17.5 Å². The maximum Gasteiger partial charge on any atom is 0.258 e. The Labute approximate surface area is 172 Å². The predicted molar refractivity (Wildman–Crippen MR) is 114 cm³/mol. The molecular weight excluding hydrogens is 372 g/mol. The van der Waals surface area contributed by atoms with Crippen molar-refractivity contribution in [2.24, 2.45) is 0 Å². The number of benzene rings is 2. The third kappa shape index (κ3) is 5.73. The number of carbonyl (C=O) groups is 1. The fraction of sp³-hybridized carbons (Fsp3) is 0.435. The topological polar surface area (TPSA) is 41.6 Å². The van der Waals surface area contributed by atoms with E-state index in [0.717, 1.165) is 40.6 Å². The number of nitrogens with one attached hydrogen (secondary N) is 1. The molecule has 0 saturated carbocycles. The summed E-state index contributed by atoms with van der Waals surface area (Å²) in [4.78, 5) is 14.8. The van der Waals surface area contributed by atoms with Gasteiger partial charge in [-0.1, -0.05) is 42.3 Å². The van der Waals surface area contributed by atoms with E-state index in [1.54, 1.807) is 0 Å². The lowest BCUT2D eigenvalue weighted by Gasteiger charge is -2.35. The molecule has 3 rings (SSSR count). The molecule has 1 atom stereocenters. The van der Waals surface area contributed by atoms with Crippen molar-refractivity contribution in [2.45, 2.75) is 39.2 Å². The summed E-state index contributed by atoms with van der Waals surface area (Å²) in [6.45, 7) is 6.64. The first kappa shape index (κ1) is 20.7. The number of likely N-dealkylation sites (tertiary alicyclic amines) is 1. The Balaban J connectivity index is 1.61. The second-order valence-electron chi connectivity index (χ2n) is 7.55. The molecule has 1 aliphatic rings. The van der Waals surface area contributed by atoms with Gasteiger partial charge < -0.3 is 10.1 Å². The van der Waals surface area contributed by atoms with E-state index < -0.39 is 0 Å². The van der Waals surface area contributed by atoms with Crippen LogP contribution >= 0.6 is 11.6 Å². The molecule has 0 aromatic heterocycles. The lowest BCUT2D eigenvalue weighted by molar-refractivity contribution is -0.123. The molecule has 0 spiro atoms. The SMILES string of the molecule is Cc1cc(C)cc(OCC(=O)NC[C@@H](c2ccccc2Cl)N2CCCCC2)c1. The largest absolute Gasteiger partial charge is 0.484 e. The molecule has 0 bridgehead atoms. The number of ether oxygens (including phenoxy) is 1. The van der Waals surface area contributed by atoms with E-state index in [0.29, 0.717) is 6.54 Å². The zero-order chi connectivity index (χ0) is 19.9.